The van der Waals surface area contributed by atoms with Crippen LogP contribution >= 0.6 is 0 Å². The van der Waals surface area contributed by atoms with E-state index in [-0.39, 0.29) is 23.9 Å². The Morgan fingerprint density at radius 3 is 1.86 bits per heavy atom. The van der Waals surface area contributed by atoms with Gasteiger partial charge in [-0.25, -0.2) is 0 Å². The SMILES string of the molecule is CCc1nc(-c2ccc3c(c2)CC[C@H]3NC(=O)c2cn[nH]c2)no1.CCc1nc(-c2ccc3c(c2)CC[C@H]3NC(=O)c2cnn(C[C@@H](C)O)c2)no1.C[C@@H]1CO1. The number of aliphatic hydroxyl groups excluding tert-OH is 1. The molecule has 5 heterocycles. The smallest absolute Gasteiger partial charge is 0.254 e. The predicted molar refractivity (Wildman–Crippen MR) is 203 cm³/mol. The van der Waals surface area contributed by atoms with Crippen LogP contribution in [0.2, 0.25) is 0 Å². The summed E-state index contributed by atoms with van der Waals surface area (Å²) in [6.07, 6.45) is 11.3. The molecule has 9 rings (SSSR count). The number of carbonyl (C=O) groups excluding carboxylic acids is 2. The van der Waals surface area contributed by atoms with E-state index >= 15 is 0 Å². The molecule has 0 spiro atoms. The lowest BCUT2D eigenvalue weighted by Crippen LogP contribution is -2.26. The Hall–Kier alpha value is -6.00. The van der Waals surface area contributed by atoms with Crippen molar-refractivity contribution in [2.45, 2.75) is 97.1 Å². The second kappa shape index (κ2) is 17.2. The van der Waals surface area contributed by atoms with E-state index in [1.165, 1.54) is 23.5 Å². The molecular formula is C40H46N10O6. The minimum absolute atomic E-state index is 0.0212. The van der Waals surface area contributed by atoms with Gasteiger partial charge < -0.3 is 29.5 Å². The number of hydrogen-bond donors (Lipinski definition) is 4. The summed E-state index contributed by atoms with van der Waals surface area (Å²) in [5, 5.41) is 34.2. The van der Waals surface area contributed by atoms with E-state index in [9.17, 15) is 14.7 Å². The topological polar surface area (TPSA) is 215 Å². The van der Waals surface area contributed by atoms with Gasteiger partial charge in [-0.1, -0.05) is 48.4 Å². The number of aromatic nitrogens is 8. The average molecular weight is 763 g/mol. The van der Waals surface area contributed by atoms with E-state index in [1.807, 2.05) is 38.1 Å². The minimum Gasteiger partial charge on any atom is -0.391 e. The van der Waals surface area contributed by atoms with E-state index in [0.717, 1.165) is 61.0 Å². The van der Waals surface area contributed by atoms with Gasteiger partial charge in [0.05, 0.1) is 61.0 Å². The lowest BCUT2D eigenvalue weighted by molar-refractivity contribution is 0.0928. The van der Waals surface area contributed by atoms with Crippen LogP contribution in [0.3, 0.4) is 0 Å². The van der Waals surface area contributed by atoms with Crippen molar-refractivity contribution in [3.05, 3.63) is 106 Å². The van der Waals surface area contributed by atoms with E-state index in [1.54, 1.807) is 24.0 Å². The Kier molecular flexibility index (Phi) is 11.8. The third-order valence-electron chi connectivity index (χ3n) is 9.72. The highest BCUT2D eigenvalue weighted by molar-refractivity contribution is 5.94. The lowest BCUT2D eigenvalue weighted by Gasteiger charge is -2.13. The highest BCUT2D eigenvalue weighted by Crippen LogP contribution is 2.35. The van der Waals surface area contributed by atoms with Crippen LogP contribution in [-0.2, 0) is 37.0 Å². The fraction of sp³-hybridized carbons (Fsp3) is 0.400. The van der Waals surface area contributed by atoms with Gasteiger partial charge in [0.2, 0.25) is 23.4 Å². The number of amides is 2. The van der Waals surface area contributed by atoms with Crippen molar-refractivity contribution in [1.82, 2.24) is 50.9 Å². The predicted octanol–water partition coefficient (Wildman–Crippen LogP) is 5.14. The molecule has 0 bridgehead atoms. The molecule has 2 aliphatic carbocycles. The van der Waals surface area contributed by atoms with Crippen molar-refractivity contribution >= 4 is 11.8 Å². The molecule has 16 nitrogen and oxygen atoms in total. The number of rotatable bonds is 10. The maximum absolute atomic E-state index is 12.6. The summed E-state index contributed by atoms with van der Waals surface area (Å²) >= 11 is 0. The molecule has 2 aromatic carbocycles. The number of nitrogens with one attached hydrogen (secondary N) is 3. The van der Waals surface area contributed by atoms with Crippen molar-refractivity contribution < 1.29 is 28.5 Å². The number of carbonyl (C=O) groups is 2. The Morgan fingerprint density at radius 2 is 1.41 bits per heavy atom. The molecule has 3 aliphatic rings. The van der Waals surface area contributed by atoms with Gasteiger partial charge in [0.1, 0.15) is 0 Å². The molecule has 1 fully saturated rings. The van der Waals surface area contributed by atoms with Crippen molar-refractivity contribution in [3.8, 4) is 22.8 Å². The third-order valence-corrected chi connectivity index (χ3v) is 9.72. The molecule has 56 heavy (non-hydrogen) atoms. The van der Waals surface area contributed by atoms with Gasteiger partial charge in [0.25, 0.3) is 11.8 Å². The van der Waals surface area contributed by atoms with Gasteiger partial charge in [-0.15, -0.1) is 0 Å². The van der Waals surface area contributed by atoms with Gasteiger partial charge in [-0.05, 0) is 73.9 Å². The Balaban J connectivity index is 0.000000157. The summed E-state index contributed by atoms with van der Waals surface area (Å²) in [7, 11) is 0. The van der Waals surface area contributed by atoms with Crippen molar-refractivity contribution in [2.75, 3.05) is 6.61 Å². The highest BCUT2D eigenvalue weighted by atomic mass is 16.6. The van der Waals surface area contributed by atoms with Gasteiger partial charge >= 0.3 is 0 Å². The highest BCUT2D eigenvalue weighted by Gasteiger charge is 2.27. The molecule has 1 saturated heterocycles. The molecule has 0 saturated carbocycles. The summed E-state index contributed by atoms with van der Waals surface area (Å²) in [5.41, 5.74) is 7.57. The number of epoxide rings is 1. The molecule has 0 unspecified atom stereocenters. The number of aryl methyl sites for hydroxylation is 4. The van der Waals surface area contributed by atoms with E-state index < -0.39 is 6.10 Å². The van der Waals surface area contributed by atoms with Crippen LogP contribution in [0.5, 0.6) is 0 Å². The standard InChI is InChI=1S/C20H23N5O3.C17H17N5O2.C3H6O/c1-3-18-23-19(24-28-18)14-4-6-16-13(8-14)5-7-17(16)22-20(27)15-9-21-25(11-15)10-12(2)26;1-2-15-21-16(22-24-15)11-3-5-13-10(7-11)4-6-14(13)20-17(23)12-8-18-19-9-12;1-3-2-4-3/h4,6,8-9,11-12,17,26H,3,5,7,10H2,1-2H3,(H,22,27);3,5,7-9,14H,2,4,6H2,1H3,(H,18,19)(H,20,23);3H,2H2,1H3/t12-,17-;14-;3-/m111/s1. The minimum atomic E-state index is -0.515. The second-order valence-electron chi connectivity index (χ2n) is 14.1. The van der Waals surface area contributed by atoms with Gasteiger partial charge in [-0.3, -0.25) is 19.4 Å². The van der Waals surface area contributed by atoms with Crippen molar-refractivity contribution in [1.29, 1.82) is 0 Å². The maximum atomic E-state index is 12.6. The lowest BCUT2D eigenvalue weighted by atomic mass is 10.0. The Labute approximate surface area is 323 Å². The molecular weight excluding hydrogens is 717 g/mol. The quantitative estimate of drug-likeness (QED) is 0.134. The first-order valence-corrected chi connectivity index (χ1v) is 19.0. The van der Waals surface area contributed by atoms with Crippen LogP contribution < -0.4 is 10.6 Å². The summed E-state index contributed by atoms with van der Waals surface area (Å²) in [4.78, 5) is 33.5. The van der Waals surface area contributed by atoms with Crippen molar-refractivity contribution in [3.63, 3.8) is 0 Å². The third kappa shape index (κ3) is 9.26. The monoisotopic (exact) mass is 762 g/mol. The van der Waals surface area contributed by atoms with Crippen LogP contribution in [0.25, 0.3) is 22.8 Å². The number of nitrogens with zero attached hydrogens (tertiary/aromatic N) is 7. The van der Waals surface area contributed by atoms with Crippen LogP contribution in [0.15, 0.2) is 70.2 Å². The largest absolute Gasteiger partial charge is 0.391 e. The van der Waals surface area contributed by atoms with Crippen LogP contribution in [0.4, 0.5) is 0 Å². The molecule has 0 radical (unpaired) electrons. The zero-order valence-corrected chi connectivity index (χ0v) is 31.9. The fourth-order valence-electron chi connectivity index (χ4n) is 6.65. The Bertz CT molecular complexity index is 2250. The van der Waals surface area contributed by atoms with E-state index in [4.69, 9.17) is 13.8 Å². The zero-order valence-electron chi connectivity index (χ0n) is 31.9. The first-order valence-electron chi connectivity index (χ1n) is 19.0. The number of aromatic amines is 1. The number of aliphatic hydroxyl groups is 1. The first-order chi connectivity index (χ1) is 27.2. The summed E-state index contributed by atoms with van der Waals surface area (Å²) in [6, 6.07) is 12.2. The van der Waals surface area contributed by atoms with Crippen LogP contribution in [0.1, 0.15) is 107 Å². The molecule has 2 amide bonds. The summed E-state index contributed by atoms with van der Waals surface area (Å²) in [5.74, 6) is 2.19. The summed E-state index contributed by atoms with van der Waals surface area (Å²) in [6.45, 7) is 9.04. The van der Waals surface area contributed by atoms with Gasteiger partial charge in [0, 0.05) is 36.4 Å². The molecule has 4 aromatic heterocycles. The van der Waals surface area contributed by atoms with Crippen molar-refractivity contribution in [2.24, 2.45) is 0 Å². The molecule has 292 valence electrons. The molecule has 6 aromatic rings. The normalized spacial score (nSPS) is 18.1. The number of benzene rings is 2. The number of fused-ring (bicyclic) bond motifs is 2. The molecule has 4 N–H and O–H groups in total. The number of ether oxygens (including phenoxy) is 1. The average Bonchev–Trinajstić information content (AvgIpc) is 3.94. The second-order valence-corrected chi connectivity index (χ2v) is 14.1. The van der Waals surface area contributed by atoms with E-state index in [0.29, 0.717) is 53.6 Å². The number of hydrogen-bond acceptors (Lipinski definition) is 12. The fourth-order valence-corrected chi connectivity index (χ4v) is 6.65. The Morgan fingerprint density at radius 1 is 0.875 bits per heavy atom. The zero-order chi connectivity index (χ0) is 39.2. The van der Waals surface area contributed by atoms with Crippen LogP contribution in [-0.4, -0.2) is 76.0 Å². The molecule has 1 aliphatic heterocycles. The number of H-pyrrole nitrogens is 1. The molecule has 4 atom stereocenters. The van der Waals surface area contributed by atoms with Crippen LogP contribution in [0, 0.1) is 0 Å². The molecule has 16 heteroatoms. The first kappa shape index (κ1) is 38.3. The van der Waals surface area contributed by atoms with Gasteiger partial charge in [0.15, 0.2) is 0 Å². The maximum Gasteiger partial charge on any atom is 0.254 e. The van der Waals surface area contributed by atoms with E-state index in [2.05, 4.69) is 65.3 Å². The van der Waals surface area contributed by atoms with Gasteiger partial charge in [-0.2, -0.15) is 20.2 Å². The summed E-state index contributed by atoms with van der Waals surface area (Å²) < 4.78 is 16.7.